The number of rotatable bonds is 15. The van der Waals surface area contributed by atoms with Crippen LogP contribution in [-0.4, -0.2) is 87.6 Å². The van der Waals surface area contributed by atoms with Crippen LogP contribution in [0.5, 0.6) is 0 Å². The van der Waals surface area contributed by atoms with E-state index < -0.39 is 48.3 Å². The highest BCUT2D eigenvalue weighted by molar-refractivity contribution is 7.98. The van der Waals surface area contributed by atoms with Crippen LogP contribution in [0.4, 0.5) is 0 Å². The summed E-state index contributed by atoms with van der Waals surface area (Å²) < 4.78 is 0. The van der Waals surface area contributed by atoms with Crippen molar-refractivity contribution in [2.75, 3.05) is 18.6 Å². The molecule has 0 spiro atoms. The molecule has 1 saturated heterocycles. The molecule has 39 heavy (non-hydrogen) atoms. The van der Waals surface area contributed by atoms with Crippen LogP contribution >= 0.6 is 11.8 Å². The molecule has 7 N–H and O–H groups in total. The van der Waals surface area contributed by atoms with E-state index in [0.717, 1.165) is 29.4 Å². The van der Waals surface area contributed by atoms with E-state index >= 15 is 0 Å². The normalized spacial score (nSPS) is 17.2. The zero-order valence-electron chi connectivity index (χ0n) is 21.7. The van der Waals surface area contributed by atoms with Gasteiger partial charge < -0.3 is 36.5 Å². The highest BCUT2D eigenvalue weighted by Gasteiger charge is 2.32. The van der Waals surface area contributed by atoms with E-state index in [9.17, 15) is 29.1 Å². The van der Waals surface area contributed by atoms with Crippen LogP contribution in [0.2, 0.25) is 0 Å². The van der Waals surface area contributed by atoms with Gasteiger partial charge in [0.25, 0.3) is 0 Å². The number of para-hydroxylation sites is 1. The van der Waals surface area contributed by atoms with Crippen molar-refractivity contribution in [3.8, 4) is 0 Å². The van der Waals surface area contributed by atoms with Crippen LogP contribution < -0.4 is 21.3 Å². The van der Waals surface area contributed by atoms with Gasteiger partial charge in [-0.3, -0.25) is 19.2 Å². The number of carboxylic acid groups (broad SMARTS) is 2. The molecule has 4 unspecified atom stereocenters. The molecule has 2 aromatic rings. The Balaban J connectivity index is 1.81. The predicted octanol–water partition coefficient (Wildman–Crippen LogP) is 0.619. The Kier molecular flexibility index (Phi) is 11.2. The molecule has 1 aliphatic heterocycles. The van der Waals surface area contributed by atoms with Crippen molar-refractivity contribution in [2.24, 2.45) is 0 Å². The van der Waals surface area contributed by atoms with E-state index in [0.29, 0.717) is 18.6 Å². The lowest BCUT2D eigenvalue weighted by molar-refractivity contribution is -0.143. The second-order valence-corrected chi connectivity index (χ2v) is 10.4. The summed E-state index contributed by atoms with van der Waals surface area (Å²) in [6.45, 7) is 0.721. The van der Waals surface area contributed by atoms with E-state index in [2.05, 4.69) is 26.3 Å². The smallest absolute Gasteiger partial charge is 0.326 e. The molecule has 0 radical (unpaired) electrons. The van der Waals surface area contributed by atoms with Crippen LogP contribution in [0.25, 0.3) is 10.9 Å². The fraction of sp³-hybridized carbons (Fsp3) is 0.500. The monoisotopic (exact) mass is 561 g/mol. The van der Waals surface area contributed by atoms with Gasteiger partial charge in [0.2, 0.25) is 17.7 Å². The molecule has 1 fully saturated rings. The summed E-state index contributed by atoms with van der Waals surface area (Å²) in [5.41, 5.74) is 1.56. The lowest BCUT2D eigenvalue weighted by Gasteiger charge is -2.25. The highest BCUT2D eigenvalue weighted by atomic mass is 32.2. The maximum absolute atomic E-state index is 13.4. The van der Waals surface area contributed by atoms with Gasteiger partial charge in [-0.15, -0.1) is 0 Å². The van der Waals surface area contributed by atoms with Crippen LogP contribution in [0, 0.1) is 0 Å². The Morgan fingerprint density at radius 2 is 1.72 bits per heavy atom. The third-order valence-corrected chi connectivity index (χ3v) is 7.26. The van der Waals surface area contributed by atoms with Crippen molar-refractivity contribution in [1.29, 1.82) is 0 Å². The van der Waals surface area contributed by atoms with Crippen LogP contribution in [0.3, 0.4) is 0 Å². The summed E-state index contributed by atoms with van der Waals surface area (Å²) >= 11 is 1.51. The van der Waals surface area contributed by atoms with Crippen molar-refractivity contribution >= 4 is 52.3 Å². The van der Waals surface area contributed by atoms with Gasteiger partial charge in [0.05, 0.1) is 6.04 Å². The number of H-pyrrole nitrogens is 1. The summed E-state index contributed by atoms with van der Waals surface area (Å²) in [5, 5.41) is 30.3. The molecule has 0 saturated carbocycles. The highest BCUT2D eigenvalue weighted by Crippen LogP contribution is 2.19. The SMILES string of the molecule is CSCCC(NC(=O)C1CCCN1)C(=O)NC(Cc1c[nH]c2ccccc12)C(=O)NC(CCC(=O)O)C(=O)O. The molecule has 3 amide bonds. The summed E-state index contributed by atoms with van der Waals surface area (Å²) in [6, 6.07) is 3.51. The fourth-order valence-corrected chi connectivity index (χ4v) is 4.96. The lowest BCUT2D eigenvalue weighted by Crippen LogP contribution is -2.57. The number of nitrogens with one attached hydrogen (secondary N) is 5. The summed E-state index contributed by atoms with van der Waals surface area (Å²) in [6.07, 6.45) is 4.74. The number of carbonyl (C=O) groups excluding carboxylic acids is 3. The third-order valence-electron chi connectivity index (χ3n) is 6.61. The number of thioether (sulfide) groups is 1. The number of hydrogen-bond acceptors (Lipinski definition) is 7. The molecule has 4 atom stereocenters. The average Bonchev–Trinajstić information content (AvgIpc) is 3.59. The van der Waals surface area contributed by atoms with Gasteiger partial charge in [-0.2, -0.15) is 11.8 Å². The molecule has 0 aliphatic carbocycles. The van der Waals surface area contributed by atoms with Gasteiger partial charge in [-0.05, 0) is 55.9 Å². The van der Waals surface area contributed by atoms with E-state index in [1.165, 1.54) is 11.8 Å². The maximum Gasteiger partial charge on any atom is 0.326 e. The number of aromatic amines is 1. The zero-order chi connectivity index (χ0) is 28.4. The fourth-order valence-electron chi connectivity index (χ4n) is 4.48. The molecule has 1 aliphatic rings. The van der Waals surface area contributed by atoms with Crippen LogP contribution in [-0.2, 0) is 30.4 Å². The Bertz CT molecular complexity index is 1180. The van der Waals surface area contributed by atoms with E-state index in [4.69, 9.17) is 5.11 Å². The topological polar surface area (TPSA) is 190 Å². The number of carboxylic acids is 2. The maximum atomic E-state index is 13.4. The first-order valence-electron chi connectivity index (χ1n) is 12.8. The van der Waals surface area contributed by atoms with Crippen molar-refractivity contribution in [2.45, 2.75) is 62.7 Å². The lowest BCUT2D eigenvalue weighted by atomic mass is 10.0. The average molecular weight is 562 g/mol. The number of fused-ring (bicyclic) bond motifs is 1. The van der Waals surface area contributed by atoms with Gasteiger partial charge in [-0.25, -0.2) is 4.79 Å². The van der Waals surface area contributed by atoms with E-state index in [1.54, 1.807) is 6.20 Å². The molecule has 2 heterocycles. The minimum absolute atomic E-state index is 0.0419. The number of hydrogen-bond donors (Lipinski definition) is 7. The summed E-state index contributed by atoms with van der Waals surface area (Å²) in [5.74, 6) is -3.59. The van der Waals surface area contributed by atoms with Crippen LogP contribution in [0.1, 0.15) is 37.7 Å². The second kappa shape index (κ2) is 14.5. The first-order valence-corrected chi connectivity index (χ1v) is 14.2. The second-order valence-electron chi connectivity index (χ2n) is 9.45. The van der Waals surface area contributed by atoms with Gasteiger partial charge in [0, 0.05) is 29.9 Å². The molecule has 1 aromatic carbocycles. The quantitative estimate of drug-likeness (QED) is 0.163. The molecule has 12 nitrogen and oxygen atoms in total. The minimum Gasteiger partial charge on any atom is -0.481 e. The molecular weight excluding hydrogens is 526 g/mol. The molecular formula is C26H35N5O7S. The number of carbonyl (C=O) groups is 5. The van der Waals surface area contributed by atoms with Crippen molar-refractivity contribution in [1.82, 2.24) is 26.3 Å². The number of aliphatic carboxylic acids is 2. The summed E-state index contributed by atoms with van der Waals surface area (Å²) in [4.78, 5) is 65.2. The first-order chi connectivity index (χ1) is 18.7. The Morgan fingerprint density at radius 3 is 2.38 bits per heavy atom. The Morgan fingerprint density at radius 1 is 1.00 bits per heavy atom. The third kappa shape index (κ3) is 8.72. The molecule has 3 rings (SSSR count). The standard InChI is InChI=1S/C26H35N5O7S/c1-39-12-10-19(29-23(34)18-7-4-11-27-18)24(35)31-21(13-15-14-28-17-6-3-2-5-16(15)17)25(36)30-20(26(37)38)8-9-22(32)33/h2-3,5-6,14,18-21,27-28H,4,7-13H2,1H3,(H,29,34)(H,30,36)(H,31,35)(H,32,33)(H,37,38). The molecule has 13 heteroatoms. The number of aromatic nitrogens is 1. The van der Waals surface area contributed by atoms with Crippen molar-refractivity contribution in [3.63, 3.8) is 0 Å². The first kappa shape index (κ1) is 30.0. The number of amides is 3. The zero-order valence-corrected chi connectivity index (χ0v) is 22.5. The molecule has 212 valence electrons. The van der Waals surface area contributed by atoms with Gasteiger partial charge in [0.15, 0.2) is 0 Å². The predicted molar refractivity (Wildman–Crippen MR) is 146 cm³/mol. The largest absolute Gasteiger partial charge is 0.481 e. The molecule has 0 bridgehead atoms. The Labute approximate surface area is 230 Å². The Hall–Kier alpha value is -3.58. The van der Waals surface area contributed by atoms with Gasteiger partial charge in [-0.1, -0.05) is 18.2 Å². The molecule has 1 aromatic heterocycles. The van der Waals surface area contributed by atoms with E-state index in [-0.39, 0.29) is 24.8 Å². The minimum atomic E-state index is -1.45. The number of benzene rings is 1. The van der Waals surface area contributed by atoms with E-state index in [1.807, 2.05) is 30.5 Å². The van der Waals surface area contributed by atoms with Crippen molar-refractivity contribution in [3.05, 3.63) is 36.0 Å². The van der Waals surface area contributed by atoms with Crippen molar-refractivity contribution < 1.29 is 34.2 Å². The van der Waals surface area contributed by atoms with Crippen LogP contribution in [0.15, 0.2) is 30.5 Å². The summed E-state index contributed by atoms with van der Waals surface area (Å²) in [7, 11) is 0. The van der Waals surface area contributed by atoms with Gasteiger partial charge >= 0.3 is 11.9 Å². The van der Waals surface area contributed by atoms with Gasteiger partial charge in [0.1, 0.15) is 18.1 Å².